The monoisotopic (exact) mass is 282 g/mol. The van der Waals surface area contributed by atoms with Crippen LogP contribution in [0.5, 0.6) is 0 Å². The minimum Gasteiger partial charge on any atom is -0.443 e. The van der Waals surface area contributed by atoms with Gasteiger partial charge in [-0.05, 0) is 36.1 Å². The summed E-state index contributed by atoms with van der Waals surface area (Å²) in [7, 11) is 0. The van der Waals surface area contributed by atoms with Crippen LogP contribution in [0.1, 0.15) is 54.4 Å². The third kappa shape index (κ3) is 2.22. The molecule has 0 spiro atoms. The normalized spacial score (nSPS) is 32.5. The molecule has 0 aromatic rings. The first-order valence-electron chi connectivity index (χ1n) is 6.93. The SMILES string of the molecule is CC(C)(C)[C@]1(CN=[N+]=[N-])CC[C@](C)(OC(N)=O)C1(C)C. The van der Waals surface area contributed by atoms with Gasteiger partial charge in [-0.2, -0.15) is 0 Å². The predicted molar refractivity (Wildman–Crippen MR) is 78.0 cm³/mol. The van der Waals surface area contributed by atoms with E-state index in [9.17, 15) is 4.79 Å². The van der Waals surface area contributed by atoms with Crippen LogP contribution < -0.4 is 5.73 Å². The van der Waals surface area contributed by atoms with Gasteiger partial charge in [0.2, 0.25) is 0 Å². The first-order valence-corrected chi connectivity index (χ1v) is 6.93. The van der Waals surface area contributed by atoms with E-state index < -0.39 is 11.7 Å². The lowest BCUT2D eigenvalue weighted by molar-refractivity contribution is -0.110. The van der Waals surface area contributed by atoms with Crippen LogP contribution in [-0.4, -0.2) is 18.2 Å². The van der Waals surface area contributed by atoms with E-state index in [4.69, 9.17) is 16.0 Å². The van der Waals surface area contributed by atoms with Crippen LogP contribution in [0, 0.1) is 16.2 Å². The van der Waals surface area contributed by atoms with Crippen molar-refractivity contribution >= 4 is 6.09 Å². The number of rotatable bonds is 3. The molecule has 114 valence electrons. The topological polar surface area (TPSA) is 101 Å². The van der Waals surface area contributed by atoms with Crippen LogP contribution in [0.25, 0.3) is 10.4 Å². The van der Waals surface area contributed by atoms with Crippen molar-refractivity contribution in [3.8, 4) is 0 Å². The minimum atomic E-state index is -0.755. The summed E-state index contributed by atoms with van der Waals surface area (Å²) in [5.41, 5.74) is 12.6. The Hall–Kier alpha value is -1.42. The van der Waals surface area contributed by atoms with Gasteiger partial charge in [-0.3, -0.25) is 0 Å². The molecule has 6 nitrogen and oxygen atoms in total. The molecule has 6 heteroatoms. The first-order chi connectivity index (χ1) is 8.93. The van der Waals surface area contributed by atoms with Crippen LogP contribution in [0.4, 0.5) is 4.79 Å². The fraction of sp³-hybridized carbons (Fsp3) is 0.929. The highest BCUT2D eigenvalue weighted by Gasteiger charge is 2.65. The summed E-state index contributed by atoms with van der Waals surface area (Å²) in [6, 6.07) is 0. The average Bonchev–Trinajstić information content (AvgIpc) is 2.44. The number of hydrogen-bond donors (Lipinski definition) is 1. The molecule has 1 rings (SSSR count). The number of nitrogens with two attached hydrogens (primary N) is 1. The molecule has 0 aromatic carbocycles. The molecule has 1 aliphatic rings. The number of carbonyl (C=O) groups is 1. The summed E-state index contributed by atoms with van der Waals surface area (Å²) in [4.78, 5) is 14.2. The Morgan fingerprint density at radius 2 is 1.90 bits per heavy atom. The lowest BCUT2D eigenvalue weighted by Crippen LogP contribution is -2.55. The van der Waals surface area contributed by atoms with Crippen molar-refractivity contribution in [3.05, 3.63) is 10.4 Å². The summed E-state index contributed by atoms with van der Waals surface area (Å²) in [6.45, 7) is 12.9. The molecule has 0 aromatic heterocycles. The van der Waals surface area contributed by atoms with E-state index in [1.54, 1.807) is 0 Å². The number of amides is 1. The highest BCUT2D eigenvalue weighted by molar-refractivity contribution is 5.65. The van der Waals surface area contributed by atoms with Crippen LogP contribution in [0.15, 0.2) is 5.11 Å². The maximum absolute atomic E-state index is 11.2. The van der Waals surface area contributed by atoms with Gasteiger partial charge < -0.3 is 10.5 Å². The lowest BCUT2D eigenvalue weighted by Gasteiger charge is -2.54. The first kappa shape index (κ1) is 16.6. The van der Waals surface area contributed by atoms with E-state index in [0.29, 0.717) is 13.0 Å². The molecular formula is C14H26N4O2. The van der Waals surface area contributed by atoms with Gasteiger partial charge in [0.25, 0.3) is 0 Å². The largest absolute Gasteiger partial charge is 0.443 e. The number of nitrogens with zero attached hydrogens (tertiary/aromatic N) is 3. The molecule has 0 radical (unpaired) electrons. The van der Waals surface area contributed by atoms with Crippen molar-refractivity contribution in [2.24, 2.45) is 27.1 Å². The van der Waals surface area contributed by atoms with E-state index in [1.807, 2.05) is 6.92 Å². The minimum absolute atomic E-state index is 0.0938. The lowest BCUT2D eigenvalue weighted by atomic mass is 9.53. The molecule has 0 aliphatic heterocycles. The van der Waals surface area contributed by atoms with Crippen molar-refractivity contribution in [2.75, 3.05) is 6.54 Å². The second kappa shape index (κ2) is 4.85. The van der Waals surface area contributed by atoms with E-state index in [-0.39, 0.29) is 16.2 Å². The van der Waals surface area contributed by atoms with Gasteiger partial charge in [-0.15, -0.1) is 0 Å². The molecule has 0 heterocycles. The van der Waals surface area contributed by atoms with Gasteiger partial charge in [0.05, 0.1) is 0 Å². The fourth-order valence-corrected chi connectivity index (χ4v) is 3.96. The molecule has 0 unspecified atom stereocenters. The Labute approximate surface area is 120 Å². The zero-order chi connectivity index (χ0) is 15.8. The zero-order valence-electron chi connectivity index (χ0n) is 13.4. The maximum atomic E-state index is 11.2. The Balaban J connectivity index is 3.35. The molecule has 0 saturated heterocycles. The van der Waals surface area contributed by atoms with E-state index in [1.165, 1.54) is 0 Å². The summed E-state index contributed by atoms with van der Waals surface area (Å²) >= 11 is 0. The Bertz CT molecular complexity index is 449. The maximum Gasteiger partial charge on any atom is 0.405 e. The number of azide groups is 1. The smallest absolute Gasteiger partial charge is 0.405 e. The van der Waals surface area contributed by atoms with E-state index in [2.05, 4.69) is 44.6 Å². The van der Waals surface area contributed by atoms with Crippen molar-refractivity contribution in [1.29, 1.82) is 0 Å². The van der Waals surface area contributed by atoms with Crippen LogP contribution >= 0.6 is 0 Å². The Kier molecular flexibility index (Phi) is 4.03. The van der Waals surface area contributed by atoms with Gasteiger partial charge in [0, 0.05) is 16.9 Å². The van der Waals surface area contributed by atoms with E-state index >= 15 is 0 Å². The fourth-order valence-electron chi connectivity index (χ4n) is 3.96. The number of hydrogen-bond acceptors (Lipinski definition) is 3. The summed E-state index contributed by atoms with van der Waals surface area (Å²) in [6.07, 6.45) is 0.780. The van der Waals surface area contributed by atoms with Crippen molar-refractivity contribution in [2.45, 2.75) is 60.0 Å². The molecule has 2 N–H and O–H groups in total. The highest BCUT2D eigenvalue weighted by atomic mass is 16.6. The molecule has 0 bridgehead atoms. The average molecular weight is 282 g/mol. The van der Waals surface area contributed by atoms with Gasteiger partial charge in [-0.25, -0.2) is 4.79 Å². The molecule has 20 heavy (non-hydrogen) atoms. The standard InChI is InChI=1S/C14H26N4O2/c1-11(2,3)14(9-17-18-16)8-7-13(6,12(14,4)5)20-10(15)19/h7-9H2,1-6H3,(H2,15,19)/t13-,14+/m0/s1. The van der Waals surface area contributed by atoms with Crippen molar-refractivity contribution < 1.29 is 9.53 Å². The van der Waals surface area contributed by atoms with Gasteiger partial charge in [-0.1, -0.05) is 39.7 Å². The van der Waals surface area contributed by atoms with Crippen molar-refractivity contribution in [1.82, 2.24) is 0 Å². The van der Waals surface area contributed by atoms with Crippen molar-refractivity contribution in [3.63, 3.8) is 0 Å². The van der Waals surface area contributed by atoms with Gasteiger partial charge in [0.15, 0.2) is 0 Å². The third-order valence-corrected chi connectivity index (χ3v) is 5.71. The Morgan fingerprint density at radius 3 is 2.30 bits per heavy atom. The number of ether oxygens (including phenoxy) is 1. The second-order valence-electron chi connectivity index (χ2n) is 7.50. The van der Waals surface area contributed by atoms with Gasteiger partial charge >= 0.3 is 6.09 Å². The zero-order valence-corrected chi connectivity index (χ0v) is 13.4. The molecule has 1 amide bonds. The highest BCUT2D eigenvalue weighted by Crippen LogP contribution is 2.66. The molecular weight excluding hydrogens is 256 g/mol. The number of primary amides is 1. The third-order valence-electron chi connectivity index (χ3n) is 5.71. The van der Waals surface area contributed by atoms with E-state index in [0.717, 1.165) is 6.42 Å². The van der Waals surface area contributed by atoms with Gasteiger partial charge in [0.1, 0.15) is 5.60 Å². The molecule has 1 saturated carbocycles. The predicted octanol–water partition coefficient (Wildman–Crippen LogP) is 4.00. The second-order valence-corrected chi connectivity index (χ2v) is 7.50. The number of carbonyl (C=O) groups excluding carboxylic acids is 1. The Morgan fingerprint density at radius 1 is 1.35 bits per heavy atom. The molecule has 2 atom stereocenters. The van der Waals surface area contributed by atoms with Crippen LogP contribution in [-0.2, 0) is 4.74 Å². The molecule has 1 fully saturated rings. The summed E-state index contributed by atoms with van der Waals surface area (Å²) in [5, 5.41) is 3.84. The van der Waals surface area contributed by atoms with Crippen LogP contribution in [0.3, 0.4) is 0 Å². The molecule has 1 aliphatic carbocycles. The summed E-state index contributed by atoms with van der Waals surface area (Å²) in [5.74, 6) is 0. The quantitative estimate of drug-likeness (QED) is 0.480. The summed E-state index contributed by atoms with van der Waals surface area (Å²) < 4.78 is 5.45. The van der Waals surface area contributed by atoms with Crippen LogP contribution in [0.2, 0.25) is 0 Å².